The Bertz CT molecular complexity index is 849. The summed E-state index contributed by atoms with van der Waals surface area (Å²) < 4.78 is 0. The fourth-order valence-corrected chi connectivity index (χ4v) is 3.78. The van der Waals surface area contributed by atoms with Gasteiger partial charge in [-0.15, -0.1) is 0 Å². The van der Waals surface area contributed by atoms with Crippen LogP contribution in [-0.2, 0) is 13.1 Å². The number of halogens is 2. The highest BCUT2D eigenvalue weighted by Gasteiger charge is 2.18. The second-order valence-electron chi connectivity index (χ2n) is 6.68. The molecule has 0 unspecified atom stereocenters. The maximum atomic E-state index is 6.07. The van der Waals surface area contributed by atoms with Crippen LogP contribution < -0.4 is 0 Å². The summed E-state index contributed by atoms with van der Waals surface area (Å²) >= 11 is 12.0. The van der Waals surface area contributed by atoms with Gasteiger partial charge >= 0.3 is 0 Å². The molecule has 0 radical (unpaired) electrons. The molecular formula is C20H21Cl2N3. The second kappa shape index (κ2) is 7.38. The Hall–Kier alpha value is -1.52. The molecule has 2 heterocycles. The molecule has 5 heteroatoms. The zero-order valence-electron chi connectivity index (χ0n) is 14.0. The Kier molecular flexibility index (Phi) is 5.00. The van der Waals surface area contributed by atoms with Crippen molar-refractivity contribution in [3.63, 3.8) is 0 Å². The normalized spacial score (nSPS) is 16.6. The van der Waals surface area contributed by atoms with Crippen LogP contribution >= 0.6 is 23.2 Å². The molecule has 3 aromatic rings. The van der Waals surface area contributed by atoms with Gasteiger partial charge in [-0.1, -0.05) is 41.4 Å². The van der Waals surface area contributed by atoms with Gasteiger partial charge in [0.2, 0.25) is 0 Å². The van der Waals surface area contributed by atoms with Gasteiger partial charge < -0.3 is 4.98 Å². The van der Waals surface area contributed by atoms with Crippen LogP contribution in [0.1, 0.15) is 11.1 Å². The van der Waals surface area contributed by atoms with Crippen molar-refractivity contribution in [2.24, 2.45) is 0 Å². The molecule has 130 valence electrons. The van der Waals surface area contributed by atoms with E-state index in [2.05, 4.69) is 39.2 Å². The number of hydrogen-bond donors (Lipinski definition) is 1. The summed E-state index contributed by atoms with van der Waals surface area (Å²) in [4.78, 5) is 8.36. The average Bonchev–Trinajstić information content (AvgIpc) is 3.00. The minimum Gasteiger partial charge on any atom is -0.361 e. The Morgan fingerprint density at radius 1 is 0.800 bits per heavy atom. The Morgan fingerprint density at radius 3 is 2.16 bits per heavy atom. The van der Waals surface area contributed by atoms with E-state index in [0.717, 1.165) is 54.8 Å². The molecule has 3 nitrogen and oxygen atoms in total. The van der Waals surface area contributed by atoms with Crippen LogP contribution in [0, 0.1) is 0 Å². The lowest BCUT2D eigenvalue weighted by Crippen LogP contribution is -2.45. The van der Waals surface area contributed by atoms with Gasteiger partial charge in [-0.25, -0.2) is 0 Å². The van der Waals surface area contributed by atoms with E-state index in [1.54, 1.807) is 0 Å². The number of piperazine rings is 1. The molecule has 0 atom stereocenters. The van der Waals surface area contributed by atoms with Gasteiger partial charge in [0.25, 0.3) is 0 Å². The van der Waals surface area contributed by atoms with E-state index in [-0.39, 0.29) is 0 Å². The van der Waals surface area contributed by atoms with Crippen molar-refractivity contribution < 1.29 is 0 Å². The zero-order valence-corrected chi connectivity index (χ0v) is 15.5. The molecule has 25 heavy (non-hydrogen) atoms. The average molecular weight is 374 g/mol. The first-order chi connectivity index (χ1) is 12.2. The van der Waals surface area contributed by atoms with E-state index in [9.17, 15) is 0 Å². The summed E-state index contributed by atoms with van der Waals surface area (Å²) in [5, 5.41) is 2.85. The molecule has 0 saturated carbocycles. The molecule has 0 aliphatic carbocycles. The molecule has 4 rings (SSSR count). The van der Waals surface area contributed by atoms with Gasteiger partial charge in [0.15, 0.2) is 0 Å². The molecule has 1 aliphatic rings. The SMILES string of the molecule is Clc1ccc(CN2CCN(Cc3c[nH]c4cc(Cl)ccc34)CC2)cc1. The van der Waals surface area contributed by atoms with Crippen LogP contribution in [0.2, 0.25) is 10.0 Å². The molecule has 2 aromatic carbocycles. The summed E-state index contributed by atoms with van der Waals surface area (Å²) in [6.07, 6.45) is 2.11. The Balaban J connectivity index is 1.34. The highest BCUT2D eigenvalue weighted by Crippen LogP contribution is 2.23. The number of aromatic nitrogens is 1. The Labute approximate surface area is 158 Å². The summed E-state index contributed by atoms with van der Waals surface area (Å²) in [6, 6.07) is 14.2. The van der Waals surface area contributed by atoms with Crippen molar-refractivity contribution >= 4 is 34.1 Å². The number of fused-ring (bicyclic) bond motifs is 1. The summed E-state index contributed by atoms with van der Waals surface area (Å²) in [7, 11) is 0. The molecular weight excluding hydrogens is 353 g/mol. The number of aromatic amines is 1. The van der Waals surface area contributed by atoms with E-state index in [1.165, 1.54) is 16.5 Å². The van der Waals surface area contributed by atoms with Crippen molar-refractivity contribution in [2.75, 3.05) is 26.2 Å². The zero-order chi connectivity index (χ0) is 17.2. The first kappa shape index (κ1) is 16.9. The fourth-order valence-electron chi connectivity index (χ4n) is 3.48. The predicted octanol–water partition coefficient (Wildman–Crippen LogP) is 4.79. The minimum atomic E-state index is 0.775. The highest BCUT2D eigenvalue weighted by atomic mass is 35.5. The number of hydrogen-bond acceptors (Lipinski definition) is 2. The van der Waals surface area contributed by atoms with Gasteiger partial charge in [0.05, 0.1) is 0 Å². The maximum Gasteiger partial charge on any atom is 0.0472 e. The minimum absolute atomic E-state index is 0.775. The largest absolute Gasteiger partial charge is 0.361 e. The van der Waals surface area contributed by atoms with Crippen molar-refractivity contribution in [1.29, 1.82) is 0 Å². The predicted molar refractivity (Wildman–Crippen MR) is 105 cm³/mol. The quantitative estimate of drug-likeness (QED) is 0.709. The van der Waals surface area contributed by atoms with Gasteiger partial charge in [-0.3, -0.25) is 9.80 Å². The van der Waals surface area contributed by atoms with Crippen molar-refractivity contribution in [3.8, 4) is 0 Å². The van der Waals surface area contributed by atoms with E-state index < -0.39 is 0 Å². The Morgan fingerprint density at radius 2 is 1.44 bits per heavy atom. The van der Waals surface area contributed by atoms with E-state index in [4.69, 9.17) is 23.2 Å². The summed E-state index contributed by atoms with van der Waals surface area (Å²) in [5.74, 6) is 0. The second-order valence-corrected chi connectivity index (χ2v) is 7.56. The molecule has 1 aromatic heterocycles. The van der Waals surface area contributed by atoms with Gasteiger partial charge in [-0.05, 0) is 35.4 Å². The third-order valence-electron chi connectivity index (χ3n) is 4.91. The van der Waals surface area contributed by atoms with Crippen LogP contribution in [0.3, 0.4) is 0 Å². The molecule has 0 bridgehead atoms. The van der Waals surface area contributed by atoms with Crippen LogP contribution in [0.25, 0.3) is 10.9 Å². The first-order valence-corrected chi connectivity index (χ1v) is 9.38. The standard InChI is InChI=1S/C20H21Cl2N3/c21-17-3-1-15(2-4-17)13-24-7-9-25(10-8-24)14-16-12-23-20-11-18(22)5-6-19(16)20/h1-6,11-12,23H,7-10,13-14H2. The molecule has 1 aliphatic heterocycles. The number of benzene rings is 2. The lowest BCUT2D eigenvalue weighted by molar-refractivity contribution is 0.122. The number of nitrogens with one attached hydrogen (secondary N) is 1. The highest BCUT2D eigenvalue weighted by molar-refractivity contribution is 6.31. The number of H-pyrrole nitrogens is 1. The van der Waals surface area contributed by atoms with Crippen molar-refractivity contribution in [3.05, 3.63) is 69.8 Å². The number of nitrogens with zero attached hydrogens (tertiary/aromatic N) is 2. The van der Waals surface area contributed by atoms with E-state index >= 15 is 0 Å². The lowest BCUT2D eigenvalue weighted by atomic mass is 10.1. The number of rotatable bonds is 4. The van der Waals surface area contributed by atoms with Crippen molar-refractivity contribution in [1.82, 2.24) is 14.8 Å². The van der Waals surface area contributed by atoms with E-state index in [0.29, 0.717) is 0 Å². The van der Waals surface area contributed by atoms with Crippen LogP contribution in [0.5, 0.6) is 0 Å². The molecule has 1 N–H and O–H groups in total. The molecule has 1 saturated heterocycles. The maximum absolute atomic E-state index is 6.07. The van der Waals surface area contributed by atoms with Crippen molar-refractivity contribution in [2.45, 2.75) is 13.1 Å². The van der Waals surface area contributed by atoms with Gasteiger partial charge in [0, 0.05) is 66.4 Å². The third kappa shape index (κ3) is 4.01. The van der Waals surface area contributed by atoms with Gasteiger partial charge in [0.1, 0.15) is 0 Å². The smallest absolute Gasteiger partial charge is 0.0472 e. The first-order valence-electron chi connectivity index (χ1n) is 8.62. The van der Waals surface area contributed by atoms with E-state index in [1.807, 2.05) is 24.3 Å². The molecule has 1 fully saturated rings. The fraction of sp³-hybridized carbons (Fsp3) is 0.300. The lowest BCUT2D eigenvalue weighted by Gasteiger charge is -2.34. The summed E-state index contributed by atoms with van der Waals surface area (Å²) in [6.45, 7) is 6.35. The third-order valence-corrected chi connectivity index (χ3v) is 5.39. The van der Waals surface area contributed by atoms with Crippen LogP contribution in [-0.4, -0.2) is 41.0 Å². The van der Waals surface area contributed by atoms with Gasteiger partial charge in [-0.2, -0.15) is 0 Å². The van der Waals surface area contributed by atoms with Crippen LogP contribution in [0.15, 0.2) is 48.7 Å². The summed E-state index contributed by atoms with van der Waals surface area (Å²) in [5.41, 5.74) is 3.79. The topological polar surface area (TPSA) is 22.3 Å². The van der Waals surface area contributed by atoms with Crippen LogP contribution in [0.4, 0.5) is 0 Å². The molecule has 0 amide bonds. The monoisotopic (exact) mass is 373 g/mol. The molecule has 0 spiro atoms.